The maximum atomic E-state index is 11.1. The van der Waals surface area contributed by atoms with E-state index in [1.54, 1.807) is 7.11 Å². The van der Waals surface area contributed by atoms with Crippen LogP contribution >= 0.6 is 0 Å². The van der Waals surface area contributed by atoms with Crippen molar-refractivity contribution in [3.63, 3.8) is 0 Å². The molecule has 86 valence electrons. The van der Waals surface area contributed by atoms with Gasteiger partial charge in [0.05, 0.1) is 7.11 Å². The van der Waals surface area contributed by atoms with E-state index in [4.69, 9.17) is 4.74 Å². The zero-order valence-electron chi connectivity index (χ0n) is 9.75. The van der Waals surface area contributed by atoms with Crippen LogP contribution in [-0.2, 0) is 4.79 Å². The van der Waals surface area contributed by atoms with Crippen LogP contribution < -0.4 is 10.1 Å². The first-order valence-electron chi connectivity index (χ1n) is 5.62. The van der Waals surface area contributed by atoms with Crippen LogP contribution in [0.15, 0.2) is 18.2 Å². The monoisotopic (exact) mass is 219 g/mol. The number of amides is 1. The van der Waals surface area contributed by atoms with Crippen LogP contribution in [0.25, 0.3) is 0 Å². The first-order chi connectivity index (χ1) is 7.70. The Hall–Kier alpha value is -1.51. The highest BCUT2D eigenvalue weighted by atomic mass is 16.5. The minimum Gasteiger partial charge on any atom is -0.496 e. The summed E-state index contributed by atoms with van der Waals surface area (Å²) in [6, 6.07) is 6.25. The summed E-state index contributed by atoms with van der Waals surface area (Å²) < 4.78 is 5.23. The summed E-state index contributed by atoms with van der Waals surface area (Å²) in [5, 5.41) is 2.91. The second kappa shape index (κ2) is 4.56. The van der Waals surface area contributed by atoms with Crippen LogP contribution in [0.4, 0.5) is 0 Å². The van der Waals surface area contributed by atoms with Crippen molar-refractivity contribution in [2.24, 2.45) is 0 Å². The molecule has 0 aromatic heterocycles. The highest BCUT2D eigenvalue weighted by molar-refractivity contribution is 5.76. The summed E-state index contributed by atoms with van der Waals surface area (Å²) in [6.45, 7) is 2.80. The molecule has 1 aromatic carbocycles. The van der Waals surface area contributed by atoms with Gasteiger partial charge in [-0.1, -0.05) is 12.1 Å². The summed E-state index contributed by atoms with van der Waals surface area (Å²) in [5.74, 6) is 1.53. The molecule has 3 heteroatoms. The molecule has 0 spiro atoms. The molecule has 16 heavy (non-hydrogen) atoms. The maximum absolute atomic E-state index is 11.1. The number of hydrogen-bond acceptors (Lipinski definition) is 2. The standard InChI is InChI=1S/C13H17NO2/c1-9-7-10(3-5-12(9)16-2)11-4-6-13(15)14-8-11/h3,5,7,11H,4,6,8H2,1-2H3,(H,14,15)/t11-/m1/s1. The quantitative estimate of drug-likeness (QED) is 0.826. The molecular formula is C13H17NO2. The number of nitrogens with one attached hydrogen (secondary N) is 1. The number of aryl methyl sites for hydroxylation is 1. The highest BCUT2D eigenvalue weighted by Crippen LogP contribution is 2.27. The van der Waals surface area contributed by atoms with Crippen LogP contribution in [0.3, 0.4) is 0 Å². The number of carbonyl (C=O) groups is 1. The molecule has 1 N–H and O–H groups in total. The molecule has 0 aliphatic carbocycles. The fourth-order valence-electron chi connectivity index (χ4n) is 2.17. The van der Waals surface area contributed by atoms with E-state index in [0.29, 0.717) is 12.3 Å². The fourth-order valence-corrected chi connectivity index (χ4v) is 2.17. The third-order valence-electron chi connectivity index (χ3n) is 3.16. The van der Waals surface area contributed by atoms with Crippen LogP contribution in [0.1, 0.15) is 29.9 Å². The zero-order chi connectivity index (χ0) is 11.5. The number of ether oxygens (including phenoxy) is 1. The summed E-state index contributed by atoms with van der Waals surface area (Å²) in [6.07, 6.45) is 1.58. The van der Waals surface area contributed by atoms with Crippen molar-refractivity contribution in [1.82, 2.24) is 5.32 Å². The Labute approximate surface area is 95.8 Å². The van der Waals surface area contributed by atoms with Gasteiger partial charge >= 0.3 is 0 Å². The molecule has 2 rings (SSSR count). The molecule has 1 aromatic rings. The Morgan fingerprint density at radius 3 is 2.81 bits per heavy atom. The molecule has 1 amide bonds. The number of benzene rings is 1. The Bertz CT molecular complexity index is 391. The summed E-state index contributed by atoms with van der Waals surface area (Å²) in [5.41, 5.74) is 2.44. The second-order valence-electron chi connectivity index (χ2n) is 4.27. The molecule has 1 aliphatic rings. The summed E-state index contributed by atoms with van der Waals surface area (Å²) in [7, 11) is 1.68. The molecule has 3 nitrogen and oxygen atoms in total. The molecular weight excluding hydrogens is 202 g/mol. The molecule has 1 aliphatic heterocycles. The van der Waals surface area contributed by atoms with Crippen molar-refractivity contribution in [3.8, 4) is 5.75 Å². The highest BCUT2D eigenvalue weighted by Gasteiger charge is 2.19. The minimum atomic E-state index is 0.168. The van der Waals surface area contributed by atoms with Crippen molar-refractivity contribution < 1.29 is 9.53 Å². The lowest BCUT2D eigenvalue weighted by Gasteiger charge is -2.23. The van der Waals surface area contributed by atoms with E-state index in [0.717, 1.165) is 24.3 Å². The van der Waals surface area contributed by atoms with E-state index >= 15 is 0 Å². The lowest BCUT2D eigenvalue weighted by Crippen LogP contribution is -2.33. The third kappa shape index (κ3) is 2.18. The lowest BCUT2D eigenvalue weighted by atomic mass is 9.90. The molecule has 1 fully saturated rings. The van der Waals surface area contributed by atoms with Gasteiger partial charge in [-0.05, 0) is 30.5 Å². The number of hydrogen-bond donors (Lipinski definition) is 1. The average molecular weight is 219 g/mol. The van der Waals surface area contributed by atoms with Crippen LogP contribution in [0.2, 0.25) is 0 Å². The van der Waals surface area contributed by atoms with E-state index in [-0.39, 0.29) is 5.91 Å². The number of methoxy groups -OCH3 is 1. The van der Waals surface area contributed by atoms with Gasteiger partial charge < -0.3 is 10.1 Å². The average Bonchev–Trinajstić information content (AvgIpc) is 2.30. The van der Waals surface area contributed by atoms with Crippen molar-refractivity contribution in [1.29, 1.82) is 0 Å². The second-order valence-corrected chi connectivity index (χ2v) is 4.27. The van der Waals surface area contributed by atoms with Crippen LogP contribution in [-0.4, -0.2) is 19.6 Å². The van der Waals surface area contributed by atoms with Crippen molar-refractivity contribution in [2.75, 3.05) is 13.7 Å². The van der Waals surface area contributed by atoms with Gasteiger partial charge in [-0.15, -0.1) is 0 Å². The van der Waals surface area contributed by atoms with E-state index in [2.05, 4.69) is 17.4 Å². The Morgan fingerprint density at radius 1 is 1.44 bits per heavy atom. The predicted octanol–water partition coefficient (Wildman–Crippen LogP) is 2.00. The van der Waals surface area contributed by atoms with Gasteiger partial charge in [0.1, 0.15) is 5.75 Å². The Kier molecular flexibility index (Phi) is 3.13. The predicted molar refractivity (Wildman–Crippen MR) is 62.7 cm³/mol. The third-order valence-corrected chi connectivity index (χ3v) is 3.16. The largest absolute Gasteiger partial charge is 0.496 e. The first-order valence-corrected chi connectivity index (χ1v) is 5.62. The summed E-state index contributed by atoms with van der Waals surface area (Å²) >= 11 is 0. The smallest absolute Gasteiger partial charge is 0.220 e. The fraction of sp³-hybridized carbons (Fsp3) is 0.462. The molecule has 1 saturated heterocycles. The van der Waals surface area contributed by atoms with Gasteiger partial charge in [0.25, 0.3) is 0 Å². The van der Waals surface area contributed by atoms with Gasteiger partial charge in [0.15, 0.2) is 0 Å². The van der Waals surface area contributed by atoms with Crippen molar-refractivity contribution in [3.05, 3.63) is 29.3 Å². The SMILES string of the molecule is COc1ccc([C@@H]2CCC(=O)NC2)cc1C. The zero-order valence-corrected chi connectivity index (χ0v) is 9.75. The number of piperidine rings is 1. The molecule has 0 radical (unpaired) electrons. The summed E-state index contributed by atoms with van der Waals surface area (Å²) in [4.78, 5) is 11.1. The van der Waals surface area contributed by atoms with Gasteiger partial charge in [0.2, 0.25) is 5.91 Å². The molecule has 1 atom stereocenters. The van der Waals surface area contributed by atoms with E-state index in [1.807, 2.05) is 13.0 Å². The normalized spacial score (nSPS) is 20.4. The molecule has 0 unspecified atom stereocenters. The lowest BCUT2D eigenvalue weighted by molar-refractivity contribution is -0.122. The molecule has 0 bridgehead atoms. The number of carbonyl (C=O) groups excluding carboxylic acids is 1. The van der Waals surface area contributed by atoms with Gasteiger partial charge in [-0.25, -0.2) is 0 Å². The maximum Gasteiger partial charge on any atom is 0.220 e. The number of rotatable bonds is 2. The van der Waals surface area contributed by atoms with Crippen LogP contribution in [0, 0.1) is 6.92 Å². The van der Waals surface area contributed by atoms with Crippen LogP contribution in [0.5, 0.6) is 5.75 Å². The van der Waals surface area contributed by atoms with E-state index < -0.39 is 0 Å². The van der Waals surface area contributed by atoms with Gasteiger partial charge in [-0.3, -0.25) is 4.79 Å². The molecule has 0 saturated carbocycles. The Balaban J connectivity index is 2.15. The van der Waals surface area contributed by atoms with Crippen molar-refractivity contribution in [2.45, 2.75) is 25.7 Å². The molecule has 1 heterocycles. The van der Waals surface area contributed by atoms with Gasteiger partial charge in [0, 0.05) is 18.9 Å². The van der Waals surface area contributed by atoms with Crippen molar-refractivity contribution >= 4 is 5.91 Å². The minimum absolute atomic E-state index is 0.168. The van der Waals surface area contributed by atoms with Gasteiger partial charge in [-0.2, -0.15) is 0 Å². The Morgan fingerprint density at radius 2 is 2.25 bits per heavy atom. The topological polar surface area (TPSA) is 38.3 Å². The first kappa shape index (κ1) is 11.0. The van der Waals surface area contributed by atoms with E-state index in [1.165, 1.54) is 5.56 Å². The van der Waals surface area contributed by atoms with E-state index in [9.17, 15) is 4.79 Å².